The molecule has 1 heterocycles. The summed E-state index contributed by atoms with van der Waals surface area (Å²) in [6, 6.07) is 8.57. The Morgan fingerprint density at radius 2 is 2.00 bits per heavy atom. The number of hydrogen-bond acceptors (Lipinski definition) is 2. The number of hydrogen-bond donors (Lipinski definition) is 2. The number of aliphatic imine (C=N–C) groups is 1. The SMILES string of the molecule is C#CCNC(=NC)NCC1(c2ccc(Br)cc2)CCOCC1. The molecule has 0 radical (unpaired) electrons. The number of terminal acetylenes is 1. The standard InChI is InChI=1S/C17H22BrN3O/c1-3-10-20-16(19-2)21-13-17(8-11-22-12-9-17)14-4-6-15(18)7-5-14/h1,4-7H,8-13H2,2H3,(H2,19,20,21). The van der Waals surface area contributed by atoms with Gasteiger partial charge in [0.1, 0.15) is 0 Å². The molecule has 0 saturated carbocycles. The van der Waals surface area contributed by atoms with Gasteiger partial charge in [-0.2, -0.15) is 0 Å². The maximum absolute atomic E-state index is 5.56. The minimum Gasteiger partial charge on any atom is -0.381 e. The molecule has 0 aromatic heterocycles. The van der Waals surface area contributed by atoms with Gasteiger partial charge in [0.15, 0.2) is 5.96 Å². The van der Waals surface area contributed by atoms with Crippen LogP contribution in [0.5, 0.6) is 0 Å². The van der Waals surface area contributed by atoms with E-state index in [2.05, 4.69) is 61.7 Å². The van der Waals surface area contributed by atoms with Crippen LogP contribution >= 0.6 is 15.9 Å². The van der Waals surface area contributed by atoms with Crippen LogP contribution < -0.4 is 10.6 Å². The van der Waals surface area contributed by atoms with Gasteiger partial charge in [0, 0.05) is 36.7 Å². The first kappa shape index (κ1) is 16.9. The Labute approximate surface area is 140 Å². The van der Waals surface area contributed by atoms with E-state index in [1.807, 2.05) is 0 Å². The van der Waals surface area contributed by atoms with Gasteiger partial charge in [0.25, 0.3) is 0 Å². The summed E-state index contributed by atoms with van der Waals surface area (Å²) in [4.78, 5) is 4.21. The van der Waals surface area contributed by atoms with Gasteiger partial charge in [-0.1, -0.05) is 34.0 Å². The third-order valence-electron chi connectivity index (χ3n) is 4.08. The second kappa shape index (κ2) is 8.21. The Bertz CT molecular complexity index is 542. The first-order chi connectivity index (χ1) is 10.7. The molecule has 1 saturated heterocycles. The Balaban J connectivity index is 2.12. The van der Waals surface area contributed by atoms with Crippen LogP contribution in [-0.2, 0) is 10.2 Å². The average molecular weight is 364 g/mol. The van der Waals surface area contributed by atoms with Crippen molar-refractivity contribution in [3.63, 3.8) is 0 Å². The van der Waals surface area contributed by atoms with Gasteiger partial charge in [-0.3, -0.25) is 4.99 Å². The fourth-order valence-electron chi connectivity index (χ4n) is 2.74. The van der Waals surface area contributed by atoms with Crippen molar-refractivity contribution < 1.29 is 4.74 Å². The first-order valence-electron chi connectivity index (χ1n) is 7.42. The van der Waals surface area contributed by atoms with Crippen molar-refractivity contribution in [2.45, 2.75) is 18.3 Å². The van der Waals surface area contributed by atoms with E-state index in [4.69, 9.17) is 11.2 Å². The summed E-state index contributed by atoms with van der Waals surface area (Å²) in [5.41, 5.74) is 1.39. The molecule has 5 heteroatoms. The molecule has 0 atom stereocenters. The summed E-state index contributed by atoms with van der Waals surface area (Å²) in [6.45, 7) is 2.85. The zero-order valence-electron chi connectivity index (χ0n) is 12.9. The van der Waals surface area contributed by atoms with E-state index in [1.54, 1.807) is 7.05 Å². The number of rotatable bonds is 4. The smallest absolute Gasteiger partial charge is 0.191 e. The summed E-state index contributed by atoms with van der Waals surface area (Å²) in [6.07, 6.45) is 7.27. The van der Waals surface area contributed by atoms with Crippen LogP contribution in [-0.4, -0.2) is 39.3 Å². The minimum atomic E-state index is 0.0622. The zero-order valence-corrected chi connectivity index (χ0v) is 14.4. The topological polar surface area (TPSA) is 45.7 Å². The van der Waals surface area contributed by atoms with Crippen molar-refractivity contribution in [3.8, 4) is 12.3 Å². The van der Waals surface area contributed by atoms with Crippen molar-refractivity contribution >= 4 is 21.9 Å². The Hall–Kier alpha value is -1.51. The molecule has 1 aromatic rings. The second-order valence-electron chi connectivity index (χ2n) is 5.38. The van der Waals surface area contributed by atoms with Crippen LogP contribution in [0.4, 0.5) is 0 Å². The lowest BCUT2D eigenvalue weighted by molar-refractivity contribution is 0.0514. The maximum Gasteiger partial charge on any atom is 0.191 e. The summed E-state index contributed by atoms with van der Waals surface area (Å²) in [5.74, 6) is 3.30. The van der Waals surface area contributed by atoms with Crippen molar-refractivity contribution in [1.82, 2.24) is 10.6 Å². The number of ether oxygens (including phenoxy) is 1. The fourth-order valence-corrected chi connectivity index (χ4v) is 3.01. The Morgan fingerprint density at radius 1 is 1.32 bits per heavy atom. The molecule has 0 aliphatic carbocycles. The van der Waals surface area contributed by atoms with Crippen LogP contribution in [0.2, 0.25) is 0 Å². The summed E-state index contributed by atoms with van der Waals surface area (Å²) in [7, 11) is 1.75. The molecule has 4 nitrogen and oxygen atoms in total. The predicted octanol–water partition coefficient (Wildman–Crippen LogP) is 2.30. The second-order valence-corrected chi connectivity index (χ2v) is 6.30. The highest BCUT2D eigenvalue weighted by molar-refractivity contribution is 9.10. The normalized spacial score (nSPS) is 17.6. The van der Waals surface area contributed by atoms with E-state index in [0.717, 1.165) is 43.0 Å². The van der Waals surface area contributed by atoms with Gasteiger partial charge < -0.3 is 15.4 Å². The fraction of sp³-hybridized carbons (Fsp3) is 0.471. The lowest BCUT2D eigenvalue weighted by Gasteiger charge is -2.38. The van der Waals surface area contributed by atoms with Gasteiger partial charge in [-0.25, -0.2) is 0 Å². The van der Waals surface area contributed by atoms with E-state index in [9.17, 15) is 0 Å². The van der Waals surface area contributed by atoms with Crippen molar-refractivity contribution in [3.05, 3.63) is 34.3 Å². The van der Waals surface area contributed by atoms with E-state index in [-0.39, 0.29) is 5.41 Å². The Morgan fingerprint density at radius 3 is 2.59 bits per heavy atom. The van der Waals surface area contributed by atoms with Crippen LogP contribution in [0.15, 0.2) is 33.7 Å². The average Bonchev–Trinajstić information content (AvgIpc) is 2.56. The number of guanidine groups is 1. The van der Waals surface area contributed by atoms with Crippen molar-refractivity contribution in [1.29, 1.82) is 0 Å². The molecular weight excluding hydrogens is 342 g/mol. The summed E-state index contributed by atoms with van der Waals surface area (Å²) >= 11 is 3.50. The van der Waals surface area contributed by atoms with Crippen molar-refractivity contribution in [2.24, 2.45) is 4.99 Å². The lowest BCUT2D eigenvalue weighted by Crippen LogP contribution is -2.48. The first-order valence-corrected chi connectivity index (χ1v) is 8.21. The number of benzene rings is 1. The lowest BCUT2D eigenvalue weighted by atomic mass is 9.74. The largest absolute Gasteiger partial charge is 0.381 e. The molecule has 0 spiro atoms. The van der Waals surface area contributed by atoms with Crippen LogP contribution in [0.25, 0.3) is 0 Å². The summed E-state index contributed by atoms with van der Waals surface area (Å²) in [5, 5.41) is 6.50. The molecule has 1 aliphatic heterocycles. The monoisotopic (exact) mass is 363 g/mol. The highest BCUT2D eigenvalue weighted by Crippen LogP contribution is 2.34. The van der Waals surface area contributed by atoms with Crippen LogP contribution in [0.3, 0.4) is 0 Å². The van der Waals surface area contributed by atoms with Gasteiger partial charge in [0.2, 0.25) is 0 Å². The number of halogens is 1. The van der Waals surface area contributed by atoms with E-state index >= 15 is 0 Å². The predicted molar refractivity (Wildman–Crippen MR) is 94.1 cm³/mol. The third-order valence-corrected chi connectivity index (χ3v) is 4.61. The molecule has 1 fully saturated rings. The molecule has 0 amide bonds. The molecule has 0 unspecified atom stereocenters. The maximum atomic E-state index is 5.56. The van der Waals surface area contributed by atoms with Crippen LogP contribution in [0.1, 0.15) is 18.4 Å². The zero-order chi connectivity index (χ0) is 15.8. The van der Waals surface area contributed by atoms with Crippen molar-refractivity contribution in [2.75, 3.05) is 33.4 Å². The molecule has 0 bridgehead atoms. The van der Waals surface area contributed by atoms with E-state index in [1.165, 1.54) is 5.56 Å². The molecule has 22 heavy (non-hydrogen) atoms. The van der Waals surface area contributed by atoms with E-state index in [0.29, 0.717) is 6.54 Å². The number of nitrogens with one attached hydrogen (secondary N) is 2. The van der Waals surface area contributed by atoms with Gasteiger partial charge >= 0.3 is 0 Å². The minimum absolute atomic E-state index is 0.0622. The molecule has 2 rings (SSSR count). The molecular formula is C17H22BrN3O. The van der Waals surface area contributed by atoms with Gasteiger partial charge in [0.05, 0.1) is 6.54 Å². The van der Waals surface area contributed by atoms with Crippen LogP contribution in [0, 0.1) is 12.3 Å². The molecule has 2 N–H and O–H groups in total. The molecule has 1 aliphatic rings. The Kier molecular flexibility index (Phi) is 6.29. The third kappa shape index (κ3) is 4.25. The number of nitrogens with zero attached hydrogens (tertiary/aromatic N) is 1. The highest BCUT2D eigenvalue weighted by atomic mass is 79.9. The highest BCUT2D eigenvalue weighted by Gasteiger charge is 2.34. The van der Waals surface area contributed by atoms with E-state index < -0.39 is 0 Å². The molecule has 118 valence electrons. The quantitative estimate of drug-likeness (QED) is 0.490. The van der Waals surface area contributed by atoms with Gasteiger partial charge in [-0.15, -0.1) is 6.42 Å². The molecule has 1 aromatic carbocycles. The summed E-state index contributed by atoms with van der Waals surface area (Å²) < 4.78 is 6.65. The van der Waals surface area contributed by atoms with Gasteiger partial charge in [-0.05, 0) is 30.5 Å².